The molecule has 3 rings (SSSR count). The van der Waals surface area contributed by atoms with Crippen molar-refractivity contribution < 1.29 is 19.1 Å². The molecule has 166 valence electrons. The molecular weight excluding hydrogens is 418 g/mol. The third-order valence-electron chi connectivity index (χ3n) is 5.01. The molecule has 0 saturated carbocycles. The normalized spacial score (nSPS) is 13.6. The number of amides is 2. The molecule has 2 aromatic carbocycles. The molecule has 7 nitrogen and oxygen atoms in total. The average molecular weight is 446 g/mol. The van der Waals surface area contributed by atoms with Crippen molar-refractivity contribution in [1.29, 1.82) is 0 Å². The van der Waals surface area contributed by atoms with Crippen LogP contribution in [0.4, 0.5) is 5.69 Å². The second-order valence-corrected chi connectivity index (χ2v) is 7.49. The van der Waals surface area contributed by atoms with Gasteiger partial charge in [0.25, 0.3) is 5.91 Å². The number of benzene rings is 2. The van der Waals surface area contributed by atoms with E-state index in [1.165, 1.54) is 0 Å². The third-order valence-corrected chi connectivity index (χ3v) is 5.25. The molecule has 1 saturated heterocycles. The lowest BCUT2D eigenvalue weighted by Crippen LogP contribution is -2.51. The van der Waals surface area contributed by atoms with E-state index in [-0.39, 0.29) is 18.4 Å². The standard InChI is InChI=1S/C23H28ClN3O4/c1-3-30-20-9-8-17(14-21(20)31-4-2)23(29)25-16-22(28)27-12-10-26(11-13-27)19-7-5-6-18(24)15-19/h5-9,14-15H,3-4,10-13,16H2,1-2H3,(H,25,29). The predicted molar refractivity (Wildman–Crippen MR) is 121 cm³/mol. The summed E-state index contributed by atoms with van der Waals surface area (Å²) in [6, 6.07) is 12.7. The highest BCUT2D eigenvalue weighted by Crippen LogP contribution is 2.28. The first kappa shape index (κ1) is 22.7. The van der Waals surface area contributed by atoms with Crippen LogP contribution in [0.25, 0.3) is 0 Å². The van der Waals surface area contributed by atoms with Crippen LogP contribution in [-0.4, -0.2) is 62.7 Å². The predicted octanol–water partition coefficient (Wildman–Crippen LogP) is 3.22. The van der Waals surface area contributed by atoms with Crippen LogP contribution < -0.4 is 19.7 Å². The summed E-state index contributed by atoms with van der Waals surface area (Å²) in [4.78, 5) is 29.1. The molecule has 0 unspecified atom stereocenters. The first-order chi connectivity index (χ1) is 15.0. The molecular formula is C23H28ClN3O4. The van der Waals surface area contributed by atoms with Crippen LogP contribution in [-0.2, 0) is 4.79 Å². The number of hydrogen-bond acceptors (Lipinski definition) is 5. The van der Waals surface area contributed by atoms with Crippen molar-refractivity contribution in [2.75, 3.05) is 50.8 Å². The van der Waals surface area contributed by atoms with Gasteiger partial charge >= 0.3 is 0 Å². The van der Waals surface area contributed by atoms with Crippen LogP contribution >= 0.6 is 11.6 Å². The van der Waals surface area contributed by atoms with E-state index in [1.807, 2.05) is 38.1 Å². The van der Waals surface area contributed by atoms with Crippen molar-refractivity contribution in [2.24, 2.45) is 0 Å². The van der Waals surface area contributed by atoms with Gasteiger partial charge in [0.15, 0.2) is 11.5 Å². The summed E-state index contributed by atoms with van der Waals surface area (Å²) in [5, 5.41) is 3.40. The Hall–Kier alpha value is -2.93. The molecule has 1 fully saturated rings. The number of nitrogens with zero attached hydrogens (tertiary/aromatic N) is 2. The van der Waals surface area contributed by atoms with Crippen molar-refractivity contribution in [1.82, 2.24) is 10.2 Å². The lowest BCUT2D eigenvalue weighted by atomic mass is 10.2. The fraction of sp³-hybridized carbons (Fsp3) is 0.391. The van der Waals surface area contributed by atoms with Gasteiger partial charge in [-0.2, -0.15) is 0 Å². The Bertz CT molecular complexity index is 913. The maximum Gasteiger partial charge on any atom is 0.251 e. The molecule has 1 N–H and O–H groups in total. The van der Waals surface area contributed by atoms with E-state index in [0.29, 0.717) is 48.4 Å². The number of hydrogen-bond donors (Lipinski definition) is 1. The Morgan fingerprint density at radius 2 is 1.68 bits per heavy atom. The number of anilines is 1. The minimum absolute atomic E-state index is 0.0484. The van der Waals surface area contributed by atoms with Gasteiger partial charge in [-0.3, -0.25) is 9.59 Å². The smallest absolute Gasteiger partial charge is 0.251 e. The minimum atomic E-state index is -0.324. The SMILES string of the molecule is CCOc1ccc(C(=O)NCC(=O)N2CCN(c3cccc(Cl)c3)CC2)cc1OCC. The maximum atomic E-state index is 12.6. The van der Waals surface area contributed by atoms with E-state index in [9.17, 15) is 9.59 Å². The van der Waals surface area contributed by atoms with Gasteiger partial charge in [0, 0.05) is 42.5 Å². The van der Waals surface area contributed by atoms with E-state index >= 15 is 0 Å². The topological polar surface area (TPSA) is 71.1 Å². The monoisotopic (exact) mass is 445 g/mol. The van der Waals surface area contributed by atoms with Crippen molar-refractivity contribution in [3.8, 4) is 11.5 Å². The van der Waals surface area contributed by atoms with Gasteiger partial charge in [-0.15, -0.1) is 0 Å². The summed E-state index contributed by atoms with van der Waals surface area (Å²) in [5.41, 5.74) is 1.47. The van der Waals surface area contributed by atoms with Gasteiger partial charge in [0.2, 0.25) is 5.91 Å². The van der Waals surface area contributed by atoms with Gasteiger partial charge in [0.05, 0.1) is 19.8 Å². The zero-order valence-electron chi connectivity index (χ0n) is 17.9. The molecule has 2 amide bonds. The van der Waals surface area contributed by atoms with Gasteiger partial charge < -0.3 is 24.6 Å². The molecule has 8 heteroatoms. The van der Waals surface area contributed by atoms with E-state index in [2.05, 4.69) is 10.2 Å². The van der Waals surface area contributed by atoms with Crippen molar-refractivity contribution in [3.63, 3.8) is 0 Å². The summed E-state index contributed by atoms with van der Waals surface area (Å²) < 4.78 is 11.1. The molecule has 0 aliphatic carbocycles. The molecule has 0 radical (unpaired) electrons. The van der Waals surface area contributed by atoms with Gasteiger partial charge in [-0.25, -0.2) is 0 Å². The number of piperazine rings is 1. The van der Waals surface area contributed by atoms with Gasteiger partial charge in [0.1, 0.15) is 0 Å². The number of carbonyl (C=O) groups is 2. The van der Waals surface area contributed by atoms with Crippen LogP contribution in [0.15, 0.2) is 42.5 Å². The summed E-state index contributed by atoms with van der Waals surface area (Å²) >= 11 is 6.07. The summed E-state index contributed by atoms with van der Waals surface area (Å²) in [7, 11) is 0. The number of carbonyl (C=O) groups excluding carboxylic acids is 2. The van der Waals surface area contributed by atoms with E-state index in [4.69, 9.17) is 21.1 Å². The van der Waals surface area contributed by atoms with Crippen molar-refractivity contribution in [3.05, 3.63) is 53.1 Å². The second kappa shape index (κ2) is 10.9. The summed E-state index contributed by atoms with van der Waals surface area (Å²) in [6.07, 6.45) is 0. The Balaban J connectivity index is 1.51. The summed E-state index contributed by atoms with van der Waals surface area (Å²) in [5.74, 6) is 0.681. The number of ether oxygens (including phenoxy) is 2. The zero-order chi connectivity index (χ0) is 22.2. The first-order valence-electron chi connectivity index (χ1n) is 10.5. The molecule has 31 heavy (non-hydrogen) atoms. The Labute approximate surface area is 187 Å². The quantitative estimate of drug-likeness (QED) is 0.675. The van der Waals surface area contributed by atoms with Gasteiger partial charge in [-0.05, 0) is 50.2 Å². The molecule has 0 atom stereocenters. The molecule has 1 aliphatic heterocycles. The molecule has 1 heterocycles. The lowest BCUT2D eigenvalue weighted by Gasteiger charge is -2.36. The zero-order valence-corrected chi connectivity index (χ0v) is 18.7. The molecule has 0 bridgehead atoms. The van der Waals surface area contributed by atoms with Gasteiger partial charge in [-0.1, -0.05) is 17.7 Å². The molecule has 0 aromatic heterocycles. The summed E-state index contributed by atoms with van der Waals surface area (Å²) in [6.45, 7) is 7.30. The van der Waals surface area contributed by atoms with E-state index in [1.54, 1.807) is 23.1 Å². The molecule has 2 aromatic rings. The fourth-order valence-corrected chi connectivity index (χ4v) is 3.63. The van der Waals surface area contributed by atoms with E-state index < -0.39 is 0 Å². The highest BCUT2D eigenvalue weighted by molar-refractivity contribution is 6.30. The first-order valence-corrected chi connectivity index (χ1v) is 10.9. The number of nitrogens with one attached hydrogen (secondary N) is 1. The largest absolute Gasteiger partial charge is 0.490 e. The fourth-order valence-electron chi connectivity index (χ4n) is 3.45. The molecule has 0 spiro atoms. The van der Waals surface area contributed by atoms with Crippen molar-refractivity contribution >= 4 is 29.1 Å². The highest BCUT2D eigenvalue weighted by atomic mass is 35.5. The minimum Gasteiger partial charge on any atom is -0.490 e. The van der Waals surface area contributed by atoms with Crippen LogP contribution in [0, 0.1) is 0 Å². The number of rotatable bonds is 8. The Morgan fingerprint density at radius 3 is 2.35 bits per heavy atom. The van der Waals surface area contributed by atoms with Crippen LogP contribution in [0.5, 0.6) is 11.5 Å². The highest BCUT2D eigenvalue weighted by Gasteiger charge is 2.22. The lowest BCUT2D eigenvalue weighted by molar-refractivity contribution is -0.130. The van der Waals surface area contributed by atoms with Crippen LogP contribution in [0.2, 0.25) is 5.02 Å². The number of halogens is 1. The molecule has 1 aliphatic rings. The van der Waals surface area contributed by atoms with Crippen LogP contribution in [0.1, 0.15) is 24.2 Å². The maximum absolute atomic E-state index is 12.6. The van der Waals surface area contributed by atoms with E-state index in [0.717, 1.165) is 18.8 Å². The second-order valence-electron chi connectivity index (χ2n) is 7.06. The Morgan fingerprint density at radius 1 is 0.968 bits per heavy atom. The van der Waals surface area contributed by atoms with Crippen molar-refractivity contribution in [2.45, 2.75) is 13.8 Å². The third kappa shape index (κ3) is 6.04. The Kier molecular flexibility index (Phi) is 8.00. The van der Waals surface area contributed by atoms with Crippen LogP contribution in [0.3, 0.4) is 0 Å². The average Bonchev–Trinajstić information content (AvgIpc) is 2.79.